The highest BCUT2D eigenvalue weighted by Gasteiger charge is 2.23. The van der Waals surface area contributed by atoms with Crippen LogP contribution in [0.3, 0.4) is 0 Å². The predicted octanol–water partition coefficient (Wildman–Crippen LogP) is 5.44. The number of carbonyl (C=O) groups is 1. The van der Waals surface area contributed by atoms with E-state index < -0.39 is 0 Å². The fourth-order valence-corrected chi connectivity index (χ4v) is 5.02. The van der Waals surface area contributed by atoms with Crippen LogP contribution in [0.1, 0.15) is 50.4 Å². The zero-order valence-electron chi connectivity index (χ0n) is 18.4. The minimum atomic E-state index is 0.112. The number of para-hydroxylation sites is 1. The van der Waals surface area contributed by atoms with E-state index in [1.165, 1.54) is 0 Å². The summed E-state index contributed by atoms with van der Waals surface area (Å²) in [5.74, 6) is 2.40. The molecule has 1 saturated carbocycles. The summed E-state index contributed by atoms with van der Waals surface area (Å²) in [6, 6.07) is 14.0. The average Bonchev–Trinajstić information content (AvgIpc) is 3.64. The first-order chi connectivity index (χ1) is 16.2. The van der Waals surface area contributed by atoms with Gasteiger partial charge in [0, 0.05) is 17.2 Å². The Balaban J connectivity index is 1.27. The molecule has 4 aromatic rings. The van der Waals surface area contributed by atoms with Crippen LogP contribution in [0.2, 0.25) is 0 Å². The van der Waals surface area contributed by atoms with Crippen molar-refractivity contribution in [1.82, 2.24) is 20.3 Å². The molecule has 168 valence electrons. The molecule has 0 bridgehead atoms. The molecular formula is C26H27N5O2. The van der Waals surface area contributed by atoms with Crippen LogP contribution >= 0.6 is 0 Å². The maximum atomic E-state index is 12.5. The molecule has 2 aromatic heterocycles. The first-order valence-electron chi connectivity index (χ1n) is 11.8. The zero-order chi connectivity index (χ0) is 22.2. The third-order valence-corrected chi connectivity index (χ3v) is 6.80. The third kappa shape index (κ3) is 3.93. The summed E-state index contributed by atoms with van der Waals surface area (Å²) in [5, 5.41) is 6.56. The molecule has 1 aliphatic carbocycles. The van der Waals surface area contributed by atoms with Gasteiger partial charge in [-0.25, -0.2) is 9.97 Å². The number of hydrogen-bond donors (Lipinski definition) is 3. The number of hydrogen-bond acceptors (Lipinski definition) is 5. The van der Waals surface area contributed by atoms with E-state index in [1.54, 1.807) is 6.20 Å². The van der Waals surface area contributed by atoms with Gasteiger partial charge < -0.3 is 20.0 Å². The van der Waals surface area contributed by atoms with Gasteiger partial charge in [0.2, 0.25) is 11.8 Å². The summed E-state index contributed by atoms with van der Waals surface area (Å²) >= 11 is 0. The number of amides is 1. The minimum Gasteiger partial charge on any atom is -0.436 e. The molecule has 3 N–H and O–H groups in total. The van der Waals surface area contributed by atoms with Crippen molar-refractivity contribution in [2.24, 2.45) is 5.92 Å². The van der Waals surface area contributed by atoms with Crippen molar-refractivity contribution in [2.45, 2.75) is 44.6 Å². The molecule has 0 spiro atoms. The summed E-state index contributed by atoms with van der Waals surface area (Å²) in [5.41, 5.74) is 4.37. The summed E-state index contributed by atoms with van der Waals surface area (Å²) in [7, 11) is 0. The molecule has 0 unspecified atom stereocenters. The number of aromatic nitrogens is 3. The average molecular weight is 442 g/mol. The lowest BCUT2D eigenvalue weighted by Crippen LogP contribution is -2.20. The zero-order valence-corrected chi connectivity index (χ0v) is 18.4. The Morgan fingerprint density at radius 2 is 1.94 bits per heavy atom. The second-order valence-corrected chi connectivity index (χ2v) is 9.05. The molecule has 3 heterocycles. The van der Waals surface area contributed by atoms with Gasteiger partial charge in [-0.2, -0.15) is 0 Å². The summed E-state index contributed by atoms with van der Waals surface area (Å²) in [6.45, 7) is 1.03. The Morgan fingerprint density at radius 3 is 2.79 bits per heavy atom. The maximum Gasteiger partial charge on any atom is 0.228 e. The van der Waals surface area contributed by atoms with Gasteiger partial charge in [0.05, 0.1) is 23.3 Å². The quantitative estimate of drug-likeness (QED) is 0.383. The summed E-state index contributed by atoms with van der Waals surface area (Å²) < 4.78 is 6.17. The Labute approximate surface area is 192 Å². The monoisotopic (exact) mass is 441 g/mol. The van der Waals surface area contributed by atoms with Crippen LogP contribution < -0.4 is 10.6 Å². The van der Waals surface area contributed by atoms with E-state index in [0.29, 0.717) is 11.7 Å². The standard InChI is InChI=1S/C26H27N5O2/c32-25(16-6-1-2-7-16)29-18-9-3-8-17(14-18)22-15-28-26(33-22)19-10-4-11-20-23(19)31-24(30-20)21-12-5-13-27-21/h3-4,8-11,14-16,21,27H,1-2,5-7,12-13H2,(H,29,32)(H,30,31)/t21-/m0/s1. The van der Waals surface area contributed by atoms with Crippen molar-refractivity contribution in [2.75, 3.05) is 11.9 Å². The third-order valence-electron chi connectivity index (χ3n) is 6.80. The van der Waals surface area contributed by atoms with Crippen LogP contribution in [-0.2, 0) is 4.79 Å². The van der Waals surface area contributed by atoms with Gasteiger partial charge in [-0.05, 0) is 56.5 Å². The fraction of sp³-hybridized carbons (Fsp3) is 0.346. The van der Waals surface area contributed by atoms with E-state index in [-0.39, 0.29) is 17.9 Å². The Hall–Kier alpha value is -3.45. The van der Waals surface area contributed by atoms with Crippen LogP contribution in [0.25, 0.3) is 33.8 Å². The van der Waals surface area contributed by atoms with Gasteiger partial charge in [-0.1, -0.05) is 31.0 Å². The number of nitrogens with one attached hydrogen (secondary N) is 3. The molecular weight excluding hydrogens is 414 g/mol. The Bertz CT molecular complexity index is 1300. The summed E-state index contributed by atoms with van der Waals surface area (Å²) in [4.78, 5) is 25.4. The first kappa shape index (κ1) is 20.2. The number of anilines is 1. The van der Waals surface area contributed by atoms with Crippen LogP contribution in [0.4, 0.5) is 5.69 Å². The molecule has 33 heavy (non-hydrogen) atoms. The molecule has 1 amide bonds. The molecule has 2 aliphatic rings. The predicted molar refractivity (Wildman–Crippen MR) is 128 cm³/mol. The highest BCUT2D eigenvalue weighted by molar-refractivity contribution is 5.93. The van der Waals surface area contributed by atoms with Crippen molar-refractivity contribution in [3.05, 3.63) is 54.5 Å². The lowest BCUT2D eigenvalue weighted by atomic mass is 10.1. The van der Waals surface area contributed by atoms with Gasteiger partial charge in [-0.3, -0.25) is 4.79 Å². The Kier molecular flexibility index (Phi) is 5.19. The minimum absolute atomic E-state index is 0.112. The van der Waals surface area contributed by atoms with Gasteiger partial charge in [0.1, 0.15) is 11.3 Å². The number of H-pyrrole nitrogens is 1. The van der Waals surface area contributed by atoms with Crippen LogP contribution in [0.15, 0.2) is 53.1 Å². The molecule has 2 aromatic carbocycles. The van der Waals surface area contributed by atoms with Crippen molar-refractivity contribution in [3.63, 3.8) is 0 Å². The summed E-state index contributed by atoms with van der Waals surface area (Å²) in [6.07, 6.45) is 8.23. The number of rotatable bonds is 5. The SMILES string of the molecule is O=C(Nc1cccc(-c2cnc(-c3cccc4[nH]c([C@@H]5CCCN5)nc34)o2)c1)C1CCCC1. The van der Waals surface area contributed by atoms with E-state index in [0.717, 1.165) is 78.7 Å². The lowest BCUT2D eigenvalue weighted by molar-refractivity contribution is -0.119. The Morgan fingerprint density at radius 1 is 1.06 bits per heavy atom. The van der Waals surface area contributed by atoms with Crippen molar-refractivity contribution < 1.29 is 9.21 Å². The molecule has 2 fully saturated rings. The van der Waals surface area contributed by atoms with E-state index in [9.17, 15) is 4.79 Å². The molecule has 1 aliphatic heterocycles. The van der Waals surface area contributed by atoms with Gasteiger partial charge >= 0.3 is 0 Å². The second kappa shape index (κ2) is 8.48. The van der Waals surface area contributed by atoms with E-state index >= 15 is 0 Å². The molecule has 0 radical (unpaired) electrons. The van der Waals surface area contributed by atoms with Gasteiger partial charge in [0.15, 0.2) is 5.76 Å². The highest BCUT2D eigenvalue weighted by Crippen LogP contribution is 2.33. The molecule has 6 rings (SSSR count). The normalized spacial score (nSPS) is 18.8. The second-order valence-electron chi connectivity index (χ2n) is 9.05. The fourth-order valence-electron chi connectivity index (χ4n) is 5.02. The largest absolute Gasteiger partial charge is 0.436 e. The molecule has 7 nitrogen and oxygen atoms in total. The number of benzene rings is 2. The van der Waals surface area contributed by atoms with Gasteiger partial charge in [-0.15, -0.1) is 0 Å². The topological polar surface area (TPSA) is 95.8 Å². The highest BCUT2D eigenvalue weighted by atomic mass is 16.4. The van der Waals surface area contributed by atoms with Crippen LogP contribution in [-0.4, -0.2) is 27.4 Å². The number of carbonyl (C=O) groups excluding carboxylic acids is 1. The van der Waals surface area contributed by atoms with Gasteiger partial charge in [0.25, 0.3) is 0 Å². The van der Waals surface area contributed by atoms with E-state index in [4.69, 9.17) is 9.40 Å². The van der Waals surface area contributed by atoms with Crippen molar-refractivity contribution in [3.8, 4) is 22.8 Å². The van der Waals surface area contributed by atoms with E-state index in [1.807, 2.05) is 42.5 Å². The molecule has 1 saturated heterocycles. The number of nitrogens with zero attached hydrogens (tertiary/aromatic N) is 2. The van der Waals surface area contributed by atoms with Crippen LogP contribution in [0, 0.1) is 5.92 Å². The van der Waals surface area contributed by atoms with E-state index in [2.05, 4.69) is 20.6 Å². The van der Waals surface area contributed by atoms with Crippen molar-refractivity contribution >= 4 is 22.6 Å². The lowest BCUT2D eigenvalue weighted by Gasteiger charge is -2.10. The number of fused-ring (bicyclic) bond motifs is 1. The molecule has 7 heteroatoms. The number of aromatic amines is 1. The van der Waals surface area contributed by atoms with Crippen molar-refractivity contribution in [1.29, 1.82) is 0 Å². The number of imidazole rings is 1. The number of oxazole rings is 1. The van der Waals surface area contributed by atoms with Crippen LogP contribution in [0.5, 0.6) is 0 Å². The first-order valence-corrected chi connectivity index (χ1v) is 11.8. The molecule has 1 atom stereocenters. The maximum absolute atomic E-state index is 12.5. The smallest absolute Gasteiger partial charge is 0.228 e.